The monoisotopic (exact) mass is 314 g/mol. The summed E-state index contributed by atoms with van der Waals surface area (Å²) in [5.74, 6) is 0. The van der Waals surface area contributed by atoms with Crippen LogP contribution < -0.4 is 5.32 Å². The largest absolute Gasteiger partial charge is 0.316 e. The Morgan fingerprint density at radius 2 is 2.15 bits per heavy atom. The first-order chi connectivity index (χ1) is 9.43. The second-order valence-electron chi connectivity index (χ2n) is 5.93. The highest BCUT2D eigenvalue weighted by Gasteiger charge is 2.44. The van der Waals surface area contributed by atoms with Crippen molar-refractivity contribution in [3.05, 3.63) is 28.8 Å². The summed E-state index contributed by atoms with van der Waals surface area (Å²) in [6.45, 7) is 4.95. The molecule has 0 saturated carbocycles. The van der Waals surface area contributed by atoms with E-state index >= 15 is 0 Å². The van der Waals surface area contributed by atoms with Crippen LogP contribution in [0.2, 0.25) is 5.02 Å². The van der Waals surface area contributed by atoms with E-state index in [9.17, 15) is 8.42 Å². The molecule has 0 bridgehead atoms. The van der Waals surface area contributed by atoms with Crippen LogP contribution in [0, 0.1) is 12.3 Å². The third kappa shape index (κ3) is 2.37. The third-order valence-electron chi connectivity index (χ3n) is 4.50. The summed E-state index contributed by atoms with van der Waals surface area (Å²) >= 11 is 5.96. The molecule has 1 aromatic rings. The minimum atomic E-state index is -3.43. The summed E-state index contributed by atoms with van der Waals surface area (Å²) in [7, 11) is -3.43. The van der Waals surface area contributed by atoms with Gasteiger partial charge in [-0.3, -0.25) is 0 Å². The lowest BCUT2D eigenvalue weighted by Gasteiger charge is -2.23. The highest BCUT2D eigenvalue weighted by atomic mass is 35.5. The van der Waals surface area contributed by atoms with Crippen molar-refractivity contribution in [2.24, 2.45) is 5.41 Å². The zero-order chi connectivity index (χ0) is 14.4. The van der Waals surface area contributed by atoms with Crippen molar-refractivity contribution >= 4 is 21.6 Å². The molecule has 0 aromatic heterocycles. The van der Waals surface area contributed by atoms with Crippen molar-refractivity contribution < 1.29 is 8.42 Å². The van der Waals surface area contributed by atoms with E-state index in [-0.39, 0.29) is 5.41 Å². The second kappa shape index (κ2) is 4.98. The van der Waals surface area contributed by atoms with E-state index in [1.165, 1.54) is 0 Å². The Hall–Kier alpha value is -0.620. The lowest BCUT2D eigenvalue weighted by Crippen LogP contribution is -2.33. The molecule has 0 radical (unpaired) electrons. The maximum absolute atomic E-state index is 12.8. The van der Waals surface area contributed by atoms with E-state index in [1.807, 2.05) is 6.92 Å². The van der Waals surface area contributed by atoms with Crippen molar-refractivity contribution in [1.82, 2.24) is 9.62 Å². The van der Waals surface area contributed by atoms with E-state index in [2.05, 4.69) is 5.32 Å². The molecule has 0 amide bonds. The molecular weight excluding hydrogens is 296 g/mol. The Morgan fingerprint density at radius 3 is 2.85 bits per heavy atom. The molecule has 2 heterocycles. The van der Waals surface area contributed by atoms with Crippen LogP contribution >= 0.6 is 11.6 Å². The second-order valence-corrected chi connectivity index (χ2v) is 8.27. The molecule has 20 heavy (non-hydrogen) atoms. The predicted octanol–water partition coefficient (Wildman–Crippen LogP) is 2.02. The van der Waals surface area contributed by atoms with Gasteiger partial charge in [-0.05, 0) is 49.4 Å². The smallest absolute Gasteiger partial charge is 0.243 e. The van der Waals surface area contributed by atoms with Crippen molar-refractivity contribution in [3.63, 3.8) is 0 Å². The van der Waals surface area contributed by atoms with Gasteiger partial charge in [0.1, 0.15) is 0 Å². The molecule has 2 aliphatic rings. The van der Waals surface area contributed by atoms with Gasteiger partial charge in [0, 0.05) is 24.7 Å². The van der Waals surface area contributed by atoms with E-state index in [4.69, 9.17) is 11.6 Å². The molecule has 2 aliphatic heterocycles. The zero-order valence-corrected chi connectivity index (χ0v) is 13.1. The van der Waals surface area contributed by atoms with Crippen LogP contribution in [0.5, 0.6) is 0 Å². The van der Waals surface area contributed by atoms with E-state index in [0.717, 1.165) is 31.5 Å². The topological polar surface area (TPSA) is 49.4 Å². The van der Waals surface area contributed by atoms with Crippen molar-refractivity contribution in [3.8, 4) is 0 Å². The molecule has 0 aliphatic carbocycles. The molecule has 2 fully saturated rings. The Bertz CT molecular complexity index is 624. The van der Waals surface area contributed by atoms with Gasteiger partial charge in [-0.2, -0.15) is 4.31 Å². The first-order valence-corrected chi connectivity index (χ1v) is 8.72. The van der Waals surface area contributed by atoms with Crippen molar-refractivity contribution in [2.45, 2.75) is 24.7 Å². The van der Waals surface area contributed by atoms with Crippen LogP contribution in [0.15, 0.2) is 23.1 Å². The lowest BCUT2D eigenvalue weighted by atomic mass is 9.87. The van der Waals surface area contributed by atoms with Crippen LogP contribution in [0.4, 0.5) is 0 Å². The zero-order valence-electron chi connectivity index (χ0n) is 11.5. The number of rotatable bonds is 2. The normalized spacial score (nSPS) is 27.5. The minimum absolute atomic E-state index is 0.138. The quantitative estimate of drug-likeness (QED) is 0.908. The molecular formula is C14H19ClN2O2S. The maximum atomic E-state index is 12.8. The Kier molecular flexibility index (Phi) is 3.57. The highest BCUT2D eigenvalue weighted by Crippen LogP contribution is 2.39. The van der Waals surface area contributed by atoms with Gasteiger partial charge in [-0.1, -0.05) is 17.7 Å². The van der Waals surface area contributed by atoms with Gasteiger partial charge in [-0.25, -0.2) is 8.42 Å². The summed E-state index contributed by atoms with van der Waals surface area (Å²) in [4.78, 5) is 0.341. The molecule has 4 nitrogen and oxygen atoms in total. The van der Waals surface area contributed by atoms with E-state index in [1.54, 1.807) is 22.5 Å². The number of halogens is 1. The van der Waals surface area contributed by atoms with Gasteiger partial charge in [0.2, 0.25) is 10.0 Å². The van der Waals surface area contributed by atoms with Crippen LogP contribution in [0.1, 0.15) is 18.4 Å². The van der Waals surface area contributed by atoms with Gasteiger partial charge in [0.15, 0.2) is 0 Å². The maximum Gasteiger partial charge on any atom is 0.243 e. The Balaban J connectivity index is 1.91. The lowest BCUT2D eigenvalue weighted by molar-refractivity contribution is 0.338. The molecule has 1 atom stereocenters. The van der Waals surface area contributed by atoms with Crippen LogP contribution in [0.3, 0.4) is 0 Å². The van der Waals surface area contributed by atoms with Gasteiger partial charge in [0.25, 0.3) is 0 Å². The van der Waals surface area contributed by atoms with Crippen molar-refractivity contribution in [2.75, 3.05) is 26.2 Å². The number of hydrogen-bond donors (Lipinski definition) is 1. The first kappa shape index (κ1) is 14.3. The van der Waals surface area contributed by atoms with Gasteiger partial charge < -0.3 is 5.32 Å². The Labute approximate surface area is 125 Å². The summed E-state index contributed by atoms with van der Waals surface area (Å²) in [5.41, 5.74) is 0.888. The number of benzene rings is 1. The summed E-state index contributed by atoms with van der Waals surface area (Å²) in [6.07, 6.45) is 2.01. The standard InChI is InChI=1S/C14H19ClN2O2S/c1-11-2-3-12(15)8-13(11)20(18,19)17-7-5-14(10-17)4-6-16-9-14/h2-3,8,16H,4-7,9-10H2,1H3. The molecule has 110 valence electrons. The van der Waals surface area contributed by atoms with E-state index in [0.29, 0.717) is 23.0 Å². The van der Waals surface area contributed by atoms with Gasteiger partial charge >= 0.3 is 0 Å². The third-order valence-corrected chi connectivity index (χ3v) is 6.73. The van der Waals surface area contributed by atoms with E-state index < -0.39 is 10.0 Å². The molecule has 1 aromatic carbocycles. The minimum Gasteiger partial charge on any atom is -0.316 e. The summed E-state index contributed by atoms with van der Waals surface area (Å²) < 4.78 is 27.2. The first-order valence-electron chi connectivity index (χ1n) is 6.90. The average molecular weight is 315 g/mol. The molecule has 1 N–H and O–H groups in total. The number of hydrogen-bond acceptors (Lipinski definition) is 3. The average Bonchev–Trinajstić information content (AvgIpc) is 3.04. The number of aryl methyl sites for hydroxylation is 1. The SMILES string of the molecule is Cc1ccc(Cl)cc1S(=O)(=O)N1CCC2(CCNC2)C1. The fourth-order valence-electron chi connectivity index (χ4n) is 3.23. The van der Waals surface area contributed by atoms with Crippen molar-refractivity contribution in [1.29, 1.82) is 0 Å². The summed E-state index contributed by atoms with van der Waals surface area (Å²) in [6, 6.07) is 5.05. The highest BCUT2D eigenvalue weighted by molar-refractivity contribution is 7.89. The number of nitrogens with zero attached hydrogens (tertiary/aromatic N) is 1. The van der Waals surface area contributed by atoms with Crippen LogP contribution in [-0.4, -0.2) is 38.9 Å². The predicted molar refractivity (Wildman–Crippen MR) is 79.5 cm³/mol. The van der Waals surface area contributed by atoms with Gasteiger partial charge in [-0.15, -0.1) is 0 Å². The molecule has 6 heteroatoms. The fourth-order valence-corrected chi connectivity index (χ4v) is 5.28. The summed E-state index contributed by atoms with van der Waals surface area (Å²) in [5, 5.41) is 3.81. The number of sulfonamides is 1. The van der Waals surface area contributed by atoms with Gasteiger partial charge in [0.05, 0.1) is 4.90 Å². The molecule has 3 rings (SSSR count). The fraction of sp³-hybridized carbons (Fsp3) is 0.571. The molecule has 2 saturated heterocycles. The van der Waals surface area contributed by atoms with Crippen LogP contribution in [-0.2, 0) is 10.0 Å². The van der Waals surface area contributed by atoms with Crippen LogP contribution in [0.25, 0.3) is 0 Å². The number of nitrogens with one attached hydrogen (secondary N) is 1. The molecule has 1 unspecified atom stereocenters. The Morgan fingerprint density at radius 1 is 1.35 bits per heavy atom. The molecule has 1 spiro atoms.